The number of nitrogens with two attached hydrogens (primary N) is 1. The van der Waals surface area contributed by atoms with E-state index in [1.165, 1.54) is 12.8 Å². The van der Waals surface area contributed by atoms with Crippen molar-refractivity contribution in [2.45, 2.75) is 44.7 Å². The average Bonchev–Trinajstić information content (AvgIpc) is 3.20. The van der Waals surface area contributed by atoms with Gasteiger partial charge in [0.15, 0.2) is 5.82 Å². The van der Waals surface area contributed by atoms with Gasteiger partial charge in [0.1, 0.15) is 12.4 Å². The number of nitrogens with zero attached hydrogens (tertiary/aromatic N) is 5. The van der Waals surface area contributed by atoms with Gasteiger partial charge in [0, 0.05) is 19.4 Å². The summed E-state index contributed by atoms with van der Waals surface area (Å²) in [6.07, 6.45) is 6.22. The van der Waals surface area contributed by atoms with Gasteiger partial charge in [-0.1, -0.05) is 30.3 Å². The molecule has 4 N–H and O–H groups in total. The van der Waals surface area contributed by atoms with E-state index >= 15 is 0 Å². The maximum Gasteiger partial charge on any atom is 0.241 e. The fourth-order valence-corrected chi connectivity index (χ4v) is 3.29. The number of hydrogen-bond acceptors (Lipinski definition) is 6. The van der Waals surface area contributed by atoms with E-state index in [1.807, 2.05) is 30.3 Å². The van der Waals surface area contributed by atoms with Crippen LogP contribution in [0.1, 0.15) is 41.8 Å². The molecule has 1 atom stereocenters. The van der Waals surface area contributed by atoms with Crippen LogP contribution in [-0.2, 0) is 30.6 Å². The number of hydrogen-bond donors (Lipinski definition) is 3. The van der Waals surface area contributed by atoms with Crippen LogP contribution in [0.15, 0.2) is 36.5 Å². The van der Waals surface area contributed by atoms with Gasteiger partial charge in [0.25, 0.3) is 0 Å². The lowest BCUT2D eigenvalue weighted by atomic mass is 10.1. The first kappa shape index (κ1) is 21.9. The number of carbonyl (C=O) groups excluding carboxylic acids is 1. The first-order valence-electron chi connectivity index (χ1n) is 10.0. The Morgan fingerprint density at radius 1 is 1.30 bits per heavy atom. The van der Waals surface area contributed by atoms with E-state index in [4.69, 9.17) is 5.73 Å². The highest BCUT2D eigenvalue weighted by molar-refractivity contribution is 5.85. The maximum atomic E-state index is 12.4. The second-order valence-electron chi connectivity index (χ2n) is 7.55. The molecular formula is C20H27ClN8O. The van der Waals surface area contributed by atoms with Crippen LogP contribution in [0.2, 0.25) is 0 Å². The molecule has 2 aromatic heterocycles. The molecule has 160 valence electrons. The minimum absolute atomic E-state index is 0. The molecule has 3 aromatic rings. The summed E-state index contributed by atoms with van der Waals surface area (Å²) in [4.78, 5) is 17.1. The van der Waals surface area contributed by atoms with Crippen LogP contribution in [0.5, 0.6) is 0 Å². The Morgan fingerprint density at radius 2 is 2.10 bits per heavy atom. The monoisotopic (exact) mass is 430 g/mol. The standard InChI is InChI=1S/C20H26N8O.ClH/c21-17(10-14-4-2-1-3-5-14)20-24-18(11-15-6-7-15)26-28(20)13-19(29)22-9-8-16-12-23-27-25-16;/h1-5,12,15,17H,6-11,13,21H2,(H,22,29)(H,23,25,27);1H/t17-;/m1./s1. The predicted octanol–water partition coefficient (Wildman–Crippen LogP) is 1.37. The molecule has 9 nitrogen and oxygen atoms in total. The van der Waals surface area contributed by atoms with Crippen molar-refractivity contribution in [2.24, 2.45) is 11.7 Å². The molecule has 0 radical (unpaired) electrons. The number of aromatic nitrogens is 6. The Hall–Kier alpha value is -2.78. The lowest BCUT2D eigenvalue weighted by molar-refractivity contribution is -0.121. The number of H-pyrrole nitrogens is 1. The van der Waals surface area contributed by atoms with Crippen molar-refractivity contribution in [3.63, 3.8) is 0 Å². The number of halogens is 1. The van der Waals surface area contributed by atoms with E-state index in [0.717, 1.165) is 23.5 Å². The molecule has 1 fully saturated rings. The Labute approximate surface area is 181 Å². The molecule has 0 spiro atoms. The Kier molecular flexibility index (Phi) is 7.53. The predicted molar refractivity (Wildman–Crippen MR) is 114 cm³/mol. The first-order chi connectivity index (χ1) is 14.2. The number of nitrogens with one attached hydrogen (secondary N) is 2. The van der Waals surface area contributed by atoms with Crippen molar-refractivity contribution in [1.29, 1.82) is 0 Å². The van der Waals surface area contributed by atoms with E-state index in [0.29, 0.717) is 31.1 Å². The van der Waals surface area contributed by atoms with Gasteiger partial charge in [0.05, 0.1) is 17.9 Å². The Bertz CT molecular complexity index is 924. The van der Waals surface area contributed by atoms with Gasteiger partial charge in [-0.25, -0.2) is 9.67 Å². The van der Waals surface area contributed by atoms with Gasteiger partial charge in [-0.2, -0.15) is 20.5 Å². The topological polar surface area (TPSA) is 127 Å². The smallest absolute Gasteiger partial charge is 0.241 e. The van der Waals surface area contributed by atoms with Crippen molar-refractivity contribution < 1.29 is 4.79 Å². The zero-order valence-corrected chi connectivity index (χ0v) is 17.5. The summed E-state index contributed by atoms with van der Waals surface area (Å²) in [5.41, 5.74) is 8.40. The highest BCUT2D eigenvalue weighted by Gasteiger charge is 2.26. The lowest BCUT2D eigenvalue weighted by Crippen LogP contribution is -2.31. The first-order valence-corrected chi connectivity index (χ1v) is 10.0. The van der Waals surface area contributed by atoms with Crippen LogP contribution in [0, 0.1) is 5.92 Å². The molecule has 0 saturated heterocycles. The fraction of sp³-hybridized carbons (Fsp3) is 0.450. The summed E-state index contributed by atoms with van der Waals surface area (Å²) < 4.78 is 1.66. The third-order valence-electron chi connectivity index (χ3n) is 5.00. The van der Waals surface area contributed by atoms with Crippen molar-refractivity contribution in [1.82, 2.24) is 35.5 Å². The number of amides is 1. The molecule has 2 heterocycles. The molecule has 4 rings (SSSR count). The zero-order chi connectivity index (χ0) is 20.1. The summed E-state index contributed by atoms with van der Waals surface area (Å²) in [6.45, 7) is 0.592. The Morgan fingerprint density at radius 3 is 2.80 bits per heavy atom. The second-order valence-corrected chi connectivity index (χ2v) is 7.55. The quantitative estimate of drug-likeness (QED) is 0.445. The van der Waals surface area contributed by atoms with Gasteiger partial charge < -0.3 is 11.1 Å². The normalized spacial score (nSPS) is 14.2. The molecule has 10 heteroatoms. The van der Waals surface area contributed by atoms with Gasteiger partial charge in [-0.05, 0) is 30.7 Å². The molecule has 0 aliphatic heterocycles. The molecule has 1 aliphatic rings. The number of aromatic amines is 1. The third-order valence-corrected chi connectivity index (χ3v) is 5.00. The van der Waals surface area contributed by atoms with Crippen molar-refractivity contribution in [2.75, 3.05) is 6.54 Å². The number of carbonyl (C=O) groups is 1. The zero-order valence-electron chi connectivity index (χ0n) is 16.7. The van der Waals surface area contributed by atoms with Gasteiger partial charge in [0.2, 0.25) is 5.91 Å². The molecule has 1 saturated carbocycles. The molecule has 1 amide bonds. The fourth-order valence-electron chi connectivity index (χ4n) is 3.29. The summed E-state index contributed by atoms with van der Waals surface area (Å²) in [5.74, 6) is 1.99. The molecular weight excluding hydrogens is 404 g/mol. The summed E-state index contributed by atoms with van der Waals surface area (Å²) in [7, 11) is 0. The third kappa shape index (κ3) is 6.11. The van der Waals surface area contributed by atoms with Gasteiger partial charge >= 0.3 is 0 Å². The number of rotatable bonds is 10. The molecule has 1 aromatic carbocycles. The second kappa shape index (κ2) is 10.3. The molecule has 30 heavy (non-hydrogen) atoms. The molecule has 0 bridgehead atoms. The van der Waals surface area contributed by atoms with E-state index in [9.17, 15) is 4.79 Å². The summed E-state index contributed by atoms with van der Waals surface area (Å²) in [6, 6.07) is 9.74. The van der Waals surface area contributed by atoms with E-state index in [-0.39, 0.29) is 30.9 Å². The van der Waals surface area contributed by atoms with Gasteiger partial charge in [-0.15, -0.1) is 12.4 Å². The van der Waals surface area contributed by atoms with Crippen LogP contribution in [0.4, 0.5) is 0 Å². The lowest BCUT2D eigenvalue weighted by Gasteiger charge is -2.13. The van der Waals surface area contributed by atoms with Crippen molar-refractivity contribution >= 4 is 18.3 Å². The largest absolute Gasteiger partial charge is 0.354 e. The van der Waals surface area contributed by atoms with Crippen LogP contribution in [0.25, 0.3) is 0 Å². The highest BCUT2D eigenvalue weighted by Crippen LogP contribution is 2.32. The number of benzene rings is 1. The van der Waals surface area contributed by atoms with E-state index < -0.39 is 0 Å². The summed E-state index contributed by atoms with van der Waals surface area (Å²) >= 11 is 0. The van der Waals surface area contributed by atoms with Crippen molar-refractivity contribution in [3.05, 3.63) is 59.4 Å². The molecule has 1 aliphatic carbocycles. The minimum Gasteiger partial charge on any atom is -0.354 e. The molecule has 0 unspecified atom stereocenters. The van der Waals surface area contributed by atoms with Crippen LogP contribution < -0.4 is 11.1 Å². The highest BCUT2D eigenvalue weighted by atomic mass is 35.5. The van der Waals surface area contributed by atoms with Crippen molar-refractivity contribution in [3.8, 4) is 0 Å². The Balaban J connectivity index is 0.00000256. The van der Waals surface area contributed by atoms with Crippen LogP contribution in [-0.4, -0.2) is 42.6 Å². The van der Waals surface area contributed by atoms with Gasteiger partial charge in [-0.3, -0.25) is 4.79 Å². The van der Waals surface area contributed by atoms with E-state index in [2.05, 4.69) is 30.8 Å². The minimum atomic E-state index is -0.319. The van der Waals surface area contributed by atoms with Crippen LogP contribution in [0.3, 0.4) is 0 Å². The van der Waals surface area contributed by atoms with E-state index in [1.54, 1.807) is 10.9 Å². The maximum absolute atomic E-state index is 12.4. The SMILES string of the molecule is Cl.N[C@H](Cc1ccccc1)c1nc(CC2CC2)nn1CC(=O)NCCc1cn[nH]n1. The average molecular weight is 431 g/mol. The summed E-state index contributed by atoms with van der Waals surface area (Å²) in [5, 5.41) is 17.8. The van der Waals surface area contributed by atoms with Crippen LogP contribution >= 0.6 is 12.4 Å².